The minimum atomic E-state index is -4.80. The number of carbonyl (C=O) groups is 1. The van der Waals surface area contributed by atoms with E-state index >= 15 is 0 Å². The van der Waals surface area contributed by atoms with Gasteiger partial charge in [0.1, 0.15) is 0 Å². The number of carboxylic acid groups (broad SMARTS) is 1. The Balaban J connectivity index is 3.06. The number of carboxylic acids is 1. The lowest BCUT2D eigenvalue weighted by Gasteiger charge is -2.27. The Kier molecular flexibility index (Phi) is 6.00. The van der Waals surface area contributed by atoms with E-state index in [2.05, 4.69) is 0 Å². The van der Waals surface area contributed by atoms with Crippen molar-refractivity contribution >= 4 is 16.2 Å². The first-order valence-electron chi connectivity index (χ1n) is 6.89. The molecule has 0 bridgehead atoms. The van der Waals surface area contributed by atoms with Crippen LogP contribution in [0.1, 0.15) is 13.8 Å². The molecule has 132 valence electrons. The van der Waals surface area contributed by atoms with Gasteiger partial charge in [-0.15, -0.1) is 0 Å². The SMILES string of the molecule is CCN(CC(C)C#N)S(=O)(=O)N1C[C@@H](C(F)(F)F)[C@H](C(=O)O)C1. The molecule has 1 aliphatic heterocycles. The van der Waals surface area contributed by atoms with Gasteiger partial charge in [0.15, 0.2) is 0 Å². The molecule has 1 unspecified atom stereocenters. The van der Waals surface area contributed by atoms with Crippen LogP contribution in [0.3, 0.4) is 0 Å². The minimum absolute atomic E-state index is 0.0285. The first kappa shape index (κ1) is 19.7. The van der Waals surface area contributed by atoms with E-state index < -0.39 is 53.2 Å². The number of rotatable bonds is 6. The summed E-state index contributed by atoms with van der Waals surface area (Å²) in [7, 11) is -4.26. The third kappa shape index (κ3) is 4.33. The third-order valence-electron chi connectivity index (χ3n) is 3.73. The Morgan fingerprint density at radius 2 is 2.04 bits per heavy atom. The second-order valence-electron chi connectivity index (χ2n) is 5.40. The van der Waals surface area contributed by atoms with Gasteiger partial charge in [-0.2, -0.15) is 35.5 Å². The quantitative estimate of drug-likeness (QED) is 0.761. The van der Waals surface area contributed by atoms with Crippen molar-refractivity contribution < 1.29 is 31.5 Å². The molecule has 1 N–H and O–H groups in total. The zero-order chi connectivity index (χ0) is 18.0. The zero-order valence-electron chi connectivity index (χ0n) is 12.6. The molecule has 0 radical (unpaired) electrons. The lowest BCUT2D eigenvalue weighted by atomic mass is 9.96. The maximum Gasteiger partial charge on any atom is 0.393 e. The van der Waals surface area contributed by atoms with Crippen LogP contribution in [-0.4, -0.2) is 60.5 Å². The highest BCUT2D eigenvalue weighted by Crippen LogP contribution is 2.39. The topological polar surface area (TPSA) is 102 Å². The Morgan fingerprint density at radius 3 is 2.39 bits per heavy atom. The normalized spacial score (nSPS) is 24.6. The van der Waals surface area contributed by atoms with Gasteiger partial charge in [-0.25, -0.2) is 0 Å². The lowest BCUT2D eigenvalue weighted by molar-refractivity contribution is -0.187. The van der Waals surface area contributed by atoms with E-state index in [1.165, 1.54) is 13.8 Å². The van der Waals surface area contributed by atoms with Crippen molar-refractivity contribution in [2.24, 2.45) is 17.8 Å². The summed E-state index contributed by atoms with van der Waals surface area (Å²) >= 11 is 0. The Bertz CT molecular complexity index is 587. The maximum atomic E-state index is 12.9. The Morgan fingerprint density at radius 1 is 1.48 bits per heavy atom. The number of hydrogen-bond donors (Lipinski definition) is 1. The van der Waals surface area contributed by atoms with E-state index in [1.54, 1.807) is 0 Å². The summed E-state index contributed by atoms with van der Waals surface area (Å²) in [5.41, 5.74) is 0. The molecule has 1 heterocycles. The maximum absolute atomic E-state index is 12.9. The van der Waals surface area contributed by atoms with Gasteiger partial charge >= 0.3 is 12.1 Å². The molecule has 0 saturated carbocycles. The van der Waals surface area contributed by atoms with E-state index in [1.807, 2.05) is 6.07 Å². The first-order chi connectivity index (χ1) is 10.4. The smallest absolute Gasteiger partial charge is 0.393 e. The van der Waals surface area contributed by atoms with Gasteiger partial charge in [-0.05, 0) is 6.92 Å². The number of halogens is 3. The molecule has 0 spiro atoms. The van der Waals surface area contributed by atoms with Gasteiger partial charge in [0.25, 0.3) is 10.2 Å². The summed E-state index contributed by atoms with van der Waals surface area (Å²) < 4.78 is 65.1. The van der Waals surface area contributed by atoms with E-state index in [-0.39, 0.29) is 13.1 Å². The summed E-state index contributed by atoms with van der Waals surface area (Å²) in [4.78, 5) is 11.0. The average molecular weight is 357 g/mol. The average Bonchev–Trinajstić information content (AvgIpc) is 2.90. The van der Waals surface area contributed by atoms with Crippen LogP contribution in [-0.2, 0) is 15.0 Å². The molecular formula is C12H18F3N3O4S. The zero-order valence-corrected chi connectivity index (χ0v) is 13.4. The second-order valence-corrected chi connectivity index (χ2v) is 7.33. The summed E-state index contributed by atoms with van der Waals surface area (Å²) in [6, 6.07) is 1.85. The van der Waals surface area contributed by atoms with Gasteiger partial charge in [0, 0.05) is 26.2 Å². The summed E-state index contributed by atoms with van der Waals surface area (Å²) in [6.45, 7) is 1.12. The van der Waals surface area contributed by atoms with E-state index in [4.69, 9.17) is 10.4 Å². The van der Waals surface area contributed by atoms with Crippen LogP contribution in [0, 0.1) is 29.1 Å². The van der Waals surface area contributed by atoms with Crippen LogP contribution in [0.5, 0.6) is 0 Å². The van der Waals surface area contributed by atoms with Gasteiger partial charge in [0.05, 0.1) is 23.8 Å². The molecule has 0 aromatic rings. The summed E-state index contributed by atoms with van der Waals surface area (Å²) in [5, 5.41) is 17.7. The standard InChI is InChI=1S/C12H18F3N3O4S/c1-3-17(5-8(2)4-16)23(21,22)18-6-9(11(19)20)10(7-18)12(13,14)15/h8-10H,3,5-7H2,1-2H3,(H,19,20)/t8?,9-,10-/m1/s1. The number of hydrogen-bond acceptors (Lipinski definition) is 4. The largest absolute Gasteiger partial charge is 0.481 e. The van der Waals surface area contributed by atoms with Crippen molar-refractivity contribution in [2.45, 2.75) is 20.0 Å². The van der Waals surface area contributed by atoms with Crippen LogP contribution in [0.25, 0.3) is 0 Å². The Labute approximate surface area is 132 Å². The minimum Gasteiger partial charge on any atom is -0.481 e. The van der Waals surface area contributed by atoms with Gasteiger partial charge in [-0.1, -0.05) is 6.92 Å². The molecule has 7 nitrogen and oxygen atoms in total. The molecule has 0 amide bonds. The van der Waals surface area contributed by atoms with Crippen molar-refractivity contribution in [1.29, 1.82) is 5.26 Å². The number of nitrogens with zero attached hydrogens (tertiary/aromatic N) is 3. The van der Waals surface area contributed by atoms with E-state index in [0.717, 1.165) is 4.31 Å². The number of nitriles is 1. The highest BCUT2D eigenvalue weighted by atomic mass is 32.2. The van der Waals surface area contributed by atoms with Gasteiger partial charge in [0.2, 0.25) is 0 Å². The van der Waals surface area contributed by atoms with Crippen LogP contribution < -0.4 is 0 Å². The molecular weight excluding hydrogens is 339 g/mol. The van der Waals surface area contributed by atoms with Gasteiger partial charge < -0.3 is 5.11 Å². The van der Waals surface area contributed by atoms with E-state index in [9.17, 15) is 26.4 Å². The molecule has 11 heteroatoms. The third-order valence-corrected chi connectivity index (χ3v) is 5.74. The molecule has 1 rings (SSSR count). The van der Waals surface area contributed by atoms with Crippen molar-refractivity contribution in [1.82, 2.24) is 8.61 Å². The van der Waals surface area contributed by atoms with E-state index in [0.29, 0.717) is 4.31 Å². The summed E-state index contributed by atoms with van der Waals surface area (Å²) in [6.07, 6.45) is -4.80. The second kappa shape index (κ2) is 7.02. The highest BCUT2D eigenvalue weighted by molar-refractivity contribution is 7.86. The molecule has 3 atom stereocenters. The summed E-state index contributed by atoms with van der Waals surface area (Å²) in [5.74, 6) is -6.40. The van der Waals surface area contributed by atoms with Crippen molar-refractivity contribution in [3.63, 3.8) is 0 Å². The van der Waals surface area contributed by atoms with Crippen molar-refractivity contribution in [3.05, 3.63) is 0 Å². The molecule has 0 aromatic heterocycles. The van der Waals surface area contributed by atoms with Crippen LogP contribution >= 0.6 is 0 Å². The van der Waals surface area contributed by atoms with Crippen LogP contribution in [0.2, 0.25) is 0 Å². The fraction of sp³-hybridized carbons (Fsp3) is 0.833. The molecule has 1 saturated heterocycles. The first-order valence-corrected chi connectivity index (χ1v) is 8.29. The molecule has 0 aliphatic carbocycles. The number of aliphatic carboxylic acids is 1. The predicted molar refractivity (Wildman–Crippen MR) is 73.2 cm³/mol. The highest BCUT2D eigenvalue weighted by Gasteiger charge is 2.55. The van der Waals surface area contributed by atoms with Crippen LogP contribution in [0.4, 0.5) is 13.2 Å². The predicted octanol–water partition coefficient (Wildman–Crippen LogP) is 0.908. The molecule has 1 aliphatic rings. The fourth-order valence-electron chi connectivity index (χ4n) is 2.43. The molecule has 23 heavy (non-hydrogen) atoms. The molecule has 0 aromatic carbocycles. The van der Waals surface area contributed by atoms with Gasteiger partial charge in [-0.3, -0.25) is 4.79 Å². The molecule has 1 fully saturated rings. The monoisotopic (exact) mass is 357 g/mol. The van der Waals surface area contributed by atoms with Crippen molar-refractivity contribution in [2.75, 3.05) is 26.2 Å². The lowest BCUT2D eigenvalue weighted by Crippen LogP contribution is -2.45. The van der Waals surface area contributed by atoms with Crippen LogP contribution in [0.15, 0.2) is 0 Å². The fourth-order valence-corrected chi connectivity index (χ4v) is 4.20. The number of alkyl halides is 3. The van der Waals surface area contributed by atoms with Crippen molar-refractivity contribution in [3.8, 4) is 6.07 Å². The Hall–Kier alpha value is -1.38.